The molecule has 1 atom stereocenters. The minimum absolute atomic E-state index is 0.0500. The lowest BCUT2D eigenvalue weighted by Gasteiger charge is -2.37. The van der Waals surface area contributed by atoms with Crippen molar-refractivity contribution in [1.29, 1.82) is 0 Å². The third kappa shape index (κ3) is 21.3. The second-order valence-electron chi connectivity index (χ2n) is 13.5. The first-order chi connectivity index (χ1) is 20.7. The third-order valence-corrected chi connectivity index (χ3v) is 9.34. The van der Waals surface area contributed by atoms with Crippen LogP contribution in [-0.2, 0) is 9.59 Å². The summed E-state index contributed by atoms with van der Waals surface area (Å²) >= 11 is 0. The highest BCUT2D eigenvalue weighted by Gasteiger charge is 2.56. The maximum absolute atomic E-state index is 13.1. The lowest BCUT2D eigenvalue weighted by Crippen LogP contribution is -2.62. The first kappa shape index (κ1) is 41.9. The molecule has 0 aliphatic carbocycles. The Labute approximate surface area is 267 Å². The van der Waals surface area contributed by atoms with Crippen LogP contribution >= 0.6 is 0 Å². The van der Waals surface area contributed by atoms with Crippen LogP contribution in [0.25, 0.3) is 0 Å². The van der Waals surface area contributed by atoms with Crippen molar-refractivity contribution in [2.24, 2.45) is 11.1 Å². The minimum Gasteiger partial charge on any atom is -0.369 e. The number of hydrogen-bond acceptors (Lipinski definition) is 4. The van der Waals surface area contributed by atoms with E-state index in [1.807, 2.05) is 0 Å². The predicted octanol–water partition coefficient (Wildman–Crippen LogP) is 9.63. The van der Waals surface area contributed by atoms with Crippen LogP contribution in [0.4, 0.5) is 0 Å². The highest BCUT2D eigenvalue weighted by atomic mass is 16.5. The molecule has 5 N–H and O–H groups in total. The molecule has 0 spiro atoms. The molecule has 0 saturated carbocycles. The van der Waals surface area contributed by atoms with Crippen molar-refractivity contribution in [3.63, 3.8) is 0 Å². The molecule has 0 fully saturated rings. The van der Waals surface area contributed by atoms with Gasteiger partial charge in [-0.25, -0.2) is 0 Å². The van der Waals surface area contributed by atoms with E-state index >= 15 is 0 Å². The molecule has 0 aliphatic rings. The standard InChI is InChI=1S/C37H74N2O4/c1-4-6-8-10-12-14-16-18-20-22-24-26-28-30-32-37(34(38)40,36(3,42)43)35(41)39-33-31-29-27-25-23-21-19-17-15-13-11-9-7-5-2/h42-43H,4-33H2,1-3H3,(H2,38,40)(H,39,41). The van der Waals surface area contributed by atoms with Crippen molar-refractivity contribution >= 4 is 11.8 Å². The van der Waals surface area contributed by atoms with E-state index in [2.05, 4.69) is 19.2 Å². The number of amides is 2. The van der Waals surface area contributed by atoms with Crippen molar-refractivity contribution in [3.05, 3.63) is 0 Å². The maximum Gasteiger partial charge on any atom is 0.241 e. The Hall–Kier alpha value is -1.14. The maximum atomic E-state index is 13.1. The monoisotopic (exact) mass is 611 g/mol. The predicted molar refractivity (Wildman–Crippen MR) is 183 cm³/mol. The van der Waals surface area contributed by atoms with Gasteiger partial charge in [0.2, 0.25) is 11.8 Å². The normalized spacial score (nSPS) is 13.2. The summed E-state index contributed by atoms with van der Waals surface area (Å²) in [7, 11) is 0. The zero-order chi connectivity index (χ0) is 32.1. The van der Waals surface area contributed by atoms with Crippen LogP contribution in [0.5, 0.6) is 0 Å². The molecule has 2 amide bonds. The van der Waals surface area contributed by atoms with Crippen LogP contribution in [0.15, 0.2) is 0 Å². The number of hydrogen-bond donors (Lipinski definition) is 4. The zero-order valence-corrected chi connectivity index (χ0v) is 29.0. The number of nitrogens with one attached hydrogen (secondary N) is 1. The fourth-order valence-electron chi connectivity index (χ4n) is 6.29. The van der Waals surface area contributed by atoms with Crippen molar-refractivity contribution in [2.45, 2.75) is 213 Å². The molecule has 0 heterocycles. The van der Waals surface area contributed by atoms with E-state index in [4.69, 9.17) is 5.73 Å². The van der Waals surface area contributed by atoms with Gasteiger partial charge in [0.05, 0.1) is 0 Å². The second-order valence-corrected chi connectivity index (χ2v) is 13.5. The van der Waals surface area contributed by atoms with Gasteiger partial charge < -0.3 is 21.3 Å². The molecule has 6 nitrogen and oxygen atoms in total. The van der Waals surface area contributed by atoms with Gasteiger partial charge in [0, 0.05) is 6.54 Å². The average Bonchev–Trinajstić information content (AvgIpc) is 2.96. The van der Waals surface area contributed by atoms with E-state index in [0.717, 1.165) is 45.4 Å². The number of nitrogens with two attached hydrogens (primary N) is 1. The Bertz CT molecular complexity index is 649. The molecule has 0 rings (SSSR count). The van der Waals surface area contributed by atoms with Crippen LogP contribution in [0.1, 0.15) is 207 Å². The summed E-state index contributed by atoms with van der Waals surface area (Å²) in [6, 6.07) is 0. The molecule has 1 unspecified atom stereocenters. The quantitative estimate of drug-likeness (QED) is 0.0336. The molecule has 0 aromatic rings. The number of carbonyl (C=O) groups excluding carboxylic acids is 2. The lowest BCUT2D eigenvalue weighted by molar-refractivity contribution is -0.225. The topological polar surface area (TPSA) is 113 Å². The molecule has 0 radical (unpaired) electrons. The van der Waals surface area contributed by atoms with Gasteiger partial charge >= 0.3 is 0 Å². The summed E-state index contributed by atoms with van der Waals surface area (Å²) < 4.78 is 0. The van der Waals surface area contributed by atoms with E-state index in [1.165, 1.54) is 135 Å². The van der Waals surface area contributed by atoms with E-state index in [9.17, 15) is 19.8 Å². The van der Waals surface area contributed by atoms with Crippen LogP contribution in [0.2, 0.25) is 0 Å². The molecule has 256 valence electrons. The molecule has 0 aromatic carbocycles. The third-order valence-electron chi connectivity index (χ3n) is 9.34. The summed E-state index contributed by atoms with van der Waals surface area (Å²) in [5.74, 6) is -4.13. The number of unbranched alkanes of at least 4 members (excludes halogenated alkanes) is 26. The first-order valence-electron chi connectivity index (χ1n) is 18.8. The Balaban J connectivity index is 4.09. The Morgan fingerprint density at radius 2 is 0.791 bits per heavy atom. The van der Waals surface area contributed by atoms with Crippen molar-refractivity contribution in [3.8, 4) is 0 Å². The molecule has 0 saturated heterocycles. The second kappa shape index (κ2) is 28.3. The van der Waals surface area contributed by atoms with E-state index < -0.39 is 23.0 Å². The van der Waals surface area contributed by atoms with Crippen LogP contribution < -0.4 is 11.1 Å². The summed E-state index contributed by atoms with van der Waals surface area (Å²) in [4.78, 5) is 25.6. The first-order valence-corrected chi connectivity index (χ1v) is 18.8. The van der Waals surface area contributed by atoms with Crippen molar-refractivity contribution in [1.82, 2.24) is 5.32 Å². The smallest absolute Gasteiger partial charge is 0.241 e. The molecular formula is C37H74N2O4. The largest absolute Gasteiger partial charge is 0.369 e. The molecular weight excluding hydrogens is 536 g/mol. The number of aliphatic hydroxyl groups is 2. The summed E-state index contributed by atoms with van der Waals surface area (Å²) in [5.41, 5.74) is 3.62. The molecule has 43 heavy (non-hydrogen) atoms. The van der Waals surface area contributed by atoms with Crippen LogP contribution in [0.3, 0.4) is 0 Å². The van der Waals surface area contributed by atoms with E-state index in [-0.39, 0.29) is 6.42 Å². The van der Waals surface area contributed by atoms with Crippen LogP contribution in [0, 0.1) is 5.41 Å². The van der Waals surface area contributed by atoms with Crippen molar-refractivity contribution in [2.75, 3.05) is 6.54 Å². The number of rotatable bonds is 33. The van der Waals surface area contributed by atoms with E-state index in [1.54, 1.807) is 0 Å². The minimum atomic E-state index is -2.50. The number of primary amides is 1. The lowest BCUT2D eigenvalue weighted by atomic mass is 9.73. The number of carbonyl (C=O) groups is 2. The van der Waals surface area contributed by atoms with Crippen LogP contribution in [-0.4, -0.2) is 34.4 Å². The summed E-state index contributed by atoms with van der Waals surface area (Å²) in [5, 5.41) is 23.8. The Morgan fingerprint density at radius 1 is 0.512 bits per heavy atom. The Kier molecular flexibility index (Phi) is 27.6. The summed E-state index contributed by atoms with van der Waals surface area (Å²) in [6.07, 6.45) is 34.4. The highest BCUT2D eigenvalue weighted by molar-refractivity contribution is 6.05. The van der Waals surface area contributed by atoms with Gasteiger partial charge in [-0.3, -0.25) is 9.59 Å². The van der Waals surface area contributed by atoms with Gasteiger partial charge in [-0.1, -0.05) is 187 Å². The molecule has 0 aromatic heterocycles. The fraction of sp³-hybridized carbons (Fsp3) is 0.946. The van der Waals surface area contributed by atoms with E-state index in [0.29, 0.717) is 13.0 Å². The SMILES string of the molecule is CCCCCCCCCCCCCCCCNC(=O)C(CCCCCCCCCCCCCCCC)(C(N)=O)C(C)(O)O. The van der Waals surface area contributed by atoms with Gasteiger partial charge in [0.15, 0.2) is 11.2 Å². The van der Waals surface area contributed by atoms with Gasteiger partial charge in [-0.05, 0) is 19.8 Å². The molecule has 0 bridgehead atoms. The molecule has 6 heteroatoms. The highest BCUT2D eigenvalue weighted by Crippen LogP contribution is 2.36. The molecule has 0 aliphatic heterocycles. The van der Waals surface area contributed by atoms with Gasteiger partial charge in [-0.2, -0.15) is 0 Å². The van der Waals surface area contributed by atoms with Gasteiger partial charge in [-0.15, -0.1) is 0 Å². The van der Waals surface area contributed by atoms with Gasteiger partial charge in [0.1, 0.15) is 0 Å². The average molecular weight is 611 g/mol. The van der Waals surface area contributed by atoms with Gasteiger partial charge in [0.25, 0.3) is 0 Å². The summed E-state index contributed by atoms with van der Waals surface area (Å²) in [6.45, 7) is 6.04. The van der Waals surface area contributed by atoms with Crippen molar-refractivity contribution < 1.29 is 19.8 Å². The zero-order valence-electron chi connectivity index (χ0n) is 29.0. The Morgan fingerprint density at radius 3 is 1.07 bits per heavy atom. The fourth-order valence-corrected chi connectivity index (χ4v) is 6.29.